The van der Waals surface area contributed by atoms with Gasteiger partial charge in [0.25, 0.3) is 0 Å². The van der Waals surface area contributed by atoms with Crippen molar-refractivity contribution in [3.63, 3.8) is 0 Å². The molecule has 2 aliphatic rings. The van der Waals surface area contributed by atoms with Gasteiger partial charge in [-0.05, 0) is 37.7 Å². The van der Waals surface area contributed by atoms with E-state index in [1.807, 2.05) is 18.2 Å². The normalized spacial score (nSPS) is 36.4. The molecule has 1 aromatic rings. The maximum Gasteiger partial charge on any atom is 0.123 e. The standard InChI is InChI=1S/C18H27NO2/c1-14-5-4-9-18(20,10-8-14)17(13-19)11-12-21-16-7-3-2-6-15(16)17/h2-3,6-7,14,20H,4-5,8-13,19H2,1H3. The van der Waals surface area contributed by atoms with Crippen molar-refractivity contribution in [3.8, 4) is 5.75 Å². The second-order valence-electron chi connectivity index (χ2n) is 6.95. The monoisotopic (exact) mass is 289 g/mol. The van der Waals surface area contributed by atoms with Crippen LogP contribution in [0.15, 0.2) is 24.3 Å². The molecule has 3 atom stereocenters. The molecule has 1 saturated carbocycles. The van der Waals surface area contributed by atoms with E-state index in [0.29, 0.717) is 19.1 Å². The number of para-hydroxylation sites is 1. The summed E-state index contributed by atoms with van der Waals surface area (Å²) in [6.07, 6.45) is 5.89. The largest absolute Gasteiger partial charge is 0.493 e. The third-order valence-electron chi connectivity index (χ3n) is 5.77. The van der Waals surface area contributed by atoms with E-state index in [2.05, 4.69) is 13.0 Å². The van der Waals surface area contributed by atoms with Gasteiger partial charge in [-0.25, -0.2) is 0 Å². The van der Waals surface area contributed by atoms with Crippen LogP contribution in [0.4, 0.5) is 0 Å². The van der Waals surface area contributed by atoms with Crippen LogP contribution in [0.25, 0.3) is 0 Å². The van der Waals surface area contributed by atoms with E-state index >= 15 is 0 Å². The maximum atomic E-state index is 11.6. The molecule has 3 nitrogen and oxygen atoms in total. The predicted molar refractivity (Wildman–Crippen MR) is 84.5 cm³/mol. The van der Waals surface area contributed by atoms with E-state index in [9.17, 15) is 5.11 Å². The minimum atomic E-state index is -0.702. The second-order valence-corrected chi connectivity index (χ2v) is 6.95. The molecule has 0 saturated heterocycles. The number of hydrogen-bond acceptors (Lipinski definition) is 3. The molecule has 3 rings (SSSR count). The molecule has 3 heteroatoms. The molecule has 116 valence electrons. The number of fused-ring (bicyclic) bond motifs is 1. The molecule has 1 aliphatic carbocycles. The van der Waals surface area contributed by atoms with Crippen molar-refractivity contribution in [3.05, 3.63) is 29.8 Å². The summed E-state index contributed by atoms with van der Waals surface area (Å²) in [6.45, 7) is 3.42. The van der Waals surface area contributed by atoms with Gasteiger partial charge in [-0.15, -0.1) is 0 Å². The Balaban J connectivity index is 2.04. The van der Waals surface area contributed by atoms with Crippen molar-refractivity contribution < 1.29 is 9.84 Å². The van der Waals surface area contributed by atoms with E-state index in [0.717, 1.165) is 43.4 Å². The highest BCUT2D eigenvalue weighted by molar-refractivity contribution is 5.44. The van der Waals surface area contributed by atoms with Crippen LogP contribution in [0.1, 0.15) is 51.0 Å². The molecule has 1 aliphatic heterocycles. The summed E-state index contributed by atoms with van der Waals surface area (Å²) in [5.74, 6) is 1.60. The van der Waals surface area contributed by atoms with Crippen molar-refractivity contribution in [2.75, 3.05) is 13.2 Å². The van der Waals surface area contributed by atoms with Crippen LogP contribution >= 0.6 is 0 Å². The molecular formula is C18H27NO2. The van der Waals surface area contributed by atoms with Gasteiger partial charge in [-0.3, -0.25) is 0 Å². The summed E-state index contributed by atoms with van der Waals surface area (Å²) < 4.78 is 5.80. The number of aliphatic hydroxyl groups is 1. The van der Waals surface area contributed by atoms with Gasteiger partial charge in [0.2, 0.25) is 0 Å². The van der Waals surface area contributed by atoms with Gasteiger partial charge in [-0.2, -0.15) is 0 Å². The van der Waals surface area contributed by atoms with Crippen LogP contribution in [0, 0.1) is 5.92 Å². The van der Waals surface area contributed by atoms with Crippen LogP contribution in [0.2, 0.25) is 0 Å². The van der Waals surface area contributed by atoms with Gasteiger partial charge in [0.1, 0.15) is 5.75 Å². The first-order valence-electron chi connectivity index (χ1n) is 8.26. The summed E-state index contributed by atoms with van der Waals surface area (Å²) in [6, 6.07) is 8.11. The summed E-state index contributed by atoms with van der Waals surface area (Å²) in [5, 5.41) is 11.6. The molecule has 0 spiro atoms. The lowest BCUT2D eigenvalue weighted by molar-refractivity contribution is -0.0650. The van der Waals surface area contributed by atoms with Crippen LogP contribution in [0.5, 0.6) is 5.75 Å². The highest BCUT2D eigenvalue weighted by atomic mass is 16.5. The Bertz CT molecular complexity index is 504. The fraction of sp³-hybridized carbons (Fsp3) is 0.667. The first kappa shape index (κ1) is 14.9. The number of benzene rings is 1. The van der Waals surface area contributed by atoms with Gasteiger partial charge in [0, 0.05) is 17.5 Å². The molecule has 0 bridgehead atoms. The average molecular weight is 289 g/mol. The lowest BCUT2D eigenvalue weighted by atomic mass is 9.61. The van der Waals surface area contributed by atoms with Crippen molar-refractivity contribution in [2.24, 2.45) is 11.7 Å². The lowest BCUT2D eigenvalue weighted by Crippen LogP contribution is -2.58. The molecule has 1 heterocycles. The molecular weight excluding hydrogens is 262 g/mol. The number of rotatable bonds is 2. The molecule has 21 heavy (non-hydrogen) atoms. The summed E-state index contributed by atoms with van der Waals surface area (Å²) in [5.41, 5.74) is 6.29. The van der Waals surface area contributed by atoms with Crippen molar-refractivity contribution in [1.82, 2.24) is 0 Å². The Morgan fingerprint density at radius 2 is 2.05 bits per heavy atom. The fourth-order valence-corrected chi connectivity index (χ4v) is 4.32. The molecule has 1 fully saturated rings. The zero-order chi connectivity index (χ0) is 14.9. The molecule has 3 unspecified atom stereocenters. The third-order valence-corrected chi connectivity index (χ3v) is 5.77. The highest BCUT2D eigenvalue weighted by Crippen LogP contribution is 2.50. The number of ether oxygens (including phenoxy) is 1. The van der Waals surface area contributed by atoms with Gasteiger partial charge in [0.15, 0.2) is 0 Å². The molecule has 3 N–H and O–H groups in total. The first-order valence-corrected chi connectivity index (χ1v) is 8.26. The Morgan fingerprint density at radius 3 is 2.86 bits per heavy atom. The Labute approximate surface area is 127 Å². The zero-order valence-electron chi connectivity index (χ0n) is 13.0. The Kier molecular flexibility index (Phi) is 3.98. The van der Waals surface area contributed by atoms with Crippen LogP contribution in [-0.2, 0) is 5.41 Å². The molecule has 0 radical (unpaired) electrons. The van der Waals surface area contributed by atoms with Gasteiger partial charge < -0.3 is 15.6 Å². The molecule has 0 amide bonds. The fourth-order valence-electron chi connectivity index (χ4n) is 4.32. The predicted octanol–water partition coefficient (Wildman–Crippen LogP) is 3.00. The van der Waals surface area contributed by atoms with E-state index in [1.54, 1.807) is 0 Å². The second kappa shape index (κ2) is 5.62. The first-order chi connectivity index (χ1) is 10.1. The minimum Gasteiger partial charge on any atom is -0.493 e. The maximum absolute atomic E-state index is 11.6. The highest BCUT2D eigenvalue weighted by Gasteiger charge is 2.52. The third kappa shape index (κ3) is 2.36. The average Bonchev–Trinajstić information content (AvgIpc) is 2.69. The smallest absolute Gasteiger partial charge is 0.123 e. The lowest BCUT2D eigenvalue weighted by Gasteiger charge is -2.49. The van der Waals surface area contributed by atoms with Crippen LogP contribution in [0.3, 0.4) is 0 Å². The van der Waals surface area contributed by atoms with E-state index < -0.39 is 5.60 Å². The summed E-state index contributed by atoms with van der Waals surface area (Å²) >= 11 is 0. The SMILES string of the molecule is CC1CCCC(O)(C2(CN)CCOc3ccccc32)CC1. The van der Waals surface area contributed by atoms with E-state index in [4.69, 9.17) is 10.5 Å². The summed E-state index contributed by atoms with van der Waals surface area (Å²) in [7, 11) is 0. The van der Waals surface area contributed by atoms with E-state index in [-0.39, 0.29) is 5.41 Å². The molecule has 0 aromatic heterocycles. The van der Waals surface area contributed by atoms with Crippen LogP contribution < -0.4 is 10.5 Å². The van der Waals surface area contributed by atoms with Crippen molar-refractivity contribution in [1.29, 1.82) is 0 Å². The topological polar surface area (TPSA) is 55.5 Å². The minimum absolute atomic E-state index is 0.355. The zero-order valence-corrected chi connectivity index (χ0v) is 13.0. The van der Waals surface area contributed by atoms with Gasteiger partial charge in [0.05, 0.1) is 12.2 Å². The van der Waals surface area contributed by atoms with Gasteiger partial charge >= 0.3 is 0 Å². The Hall–Kier alpha value is -1.06. The van der Waals surface area contributed by atoms with E-state index in [1.165, 1.54) is 6.42 Å². The van der Waals surface area contributed by atoms with Gasteiger partial charge in [-0.1, -0.05) is 38.0 Å². The quantitative estimate of drug-likeness (QED) is 0.823. The Morgan fingerprint density at radius 1 is 1.24 bits per heavy atom. The number of nitrogens with two attached hydrogens (primary N) is 1. The van der Waals surface area contributed by atoms with Crippen LogP contribution in [-0.4, -0.2) is 23.9 Å². The van der Waals surface area contributed by atoms with Crippen molar-refractivity contribution >= 4 is 0 Å². The van der Waals surface area contributed by atoms with Crippen molar-refractivity contribution in [2.45, 2.75) is 56.5 Å². The summed E-state index contributed by atoms with van der Waals surface area (Å²) in [4.78, 5) is 0. The molecule has 1 aromatic carbocycles. The number of hydrogen-bond donors (Lipinski definition) is 2.